The lowest BCUT2D eigenvalue weighted by atomic mass is 9.95. The molecule has 0 amide bonds. The number of benzene rings is 1. The lowest BCUT2D eigenvalue weighted by molar-refractivity contribution is 0.182. The van der Waals surface area contributed by atoms with Crippen LogP contribution < -0.4 is 5.32 Å². The molecule has 1 unspecified atom stereocenters. The van der Waals surface area contributed by atoms with Crippen molar-refractivity contribution >= 4 is 0 Å². The van der Waals surface area contributed by atoms with Crippen LogP contribution in [-0.4, -0.2) is 31.6 Å². The number of rotatable bonds is 6. The summed E-state index contributed by atoms with van der Waals surface area (Å²) in [5, 5.41) is 3.46. The van der Waals surface area contributed by atoms with Crippen LogP contribution in [0.1, 0.15) is 50.3 Å². The van der Waals surface area contributed by atoms with Crippen molar-refractivity contribution in [1.82, 2.24) is 10.2 Å². The molecule has 0 radical (unpaired) electrons. The van der Waals surface area contributed by atoms with E-state index >= 15 is 0 Å². The highest BCUT2D eigenvalue weighted by atomic mass is 15.1. The average Bonchev–Trinajstić information content (AvgIpc) is 2.49. The topological polar surface area (TPSA) is 15.3 Å². The first kappa shape index (κ1) is 15.5. The van der Waals surface area contributed by atoms with Gasteiger partial charge in [0.15, 0.2) is 0 Å². The first-order chi connectivity index (χ1) is 9.74. The monoisotopic (exact) mass is 274 g/mol. The Morgan fingerprint density at radius 2 is 1.80 bits per heavy atom. The molecule has 0 aromatic heterocycles. The smallest absolute Gasteiger partial charge is 0.0342 e. The Kier molecular flexibility index (Phi) is 6.06. The Hall–Kier alpha value is -0.860. The van der Waals surface area contributed by atoms with E-state index < -0.39 is 0 Å². The zero-order valence-corrected chi connectivity index (χ0v) is 13.4. The fraction of sp³-hybridized carbons (Fsp3) is 0.667. The minimum absolute atomic E-state index is 0.566. The zero-order valence-electron chi connectivity index (χ0n) is 13.4. The molecule has 1 aromatic rings. The summed E-state index contributed by atoms with van der Waals surface area (Å²) in [6.07, 6.45) is 4.97. The van der Waals surface area contributed by atoms with E-state index in [1.54, 1.807) is 0 Å². The van der Waals surface area contributed by atoms with Crippen LogP contribution in [0.2, 0.25) is 0 Å². The molecule has 1 saturated heterocycles. The number of nitrogens with one attached hydrogen (secondary N) is 1. The van der Waals surface area contributed by atoms with Crippen molar-refractivity contribution in [3.8, 4) is 0 Å². The third-order valence-electron chi connectivity index (χ3n) is 4.70. The van der Waals surface area contributed by atoms with Gasteiger partial charge in [-0.15, -0.1) is 0 Å². The van der Waals surface area contributed by atoms with Gasteiger partial charge < -0.3 is 5.32 Å². The van der Waals surface area contributed by atoms with Gasteiger partial charge in [0.05, 0.1) is 0 Å². The molecule has 0 spiro atoms. The summed E-state index contributed by atoms with van der Waals surface area (Å²) in [7, 11) is 2.30. The lowest BCUT2D eigenvalue weighted by Crippen LogP contribution is -2.36. The van der Waals surface area contributed by atoms with E-state index in [-0.39, 0.29) is 0 Å². The van der Waals surface area contributed by atoms with E-state index in [0.717, 1.165) is 12.3 Å². The normalized spacial score (nSPS) is 18.4. The fourth-order valence-corrected chi connectivity index (χ4v) is 3.38. The first-order valence-electron chi connectivity index (χ1n) is 8.24. The summed E-state index contributed by atoms with van der Waals surface area (Å²) in [5.74, 6) is 0.866. The van der Waals surface area contributed by atoms with Crippen LogP contribution in [0, 0.1) is 5.92 Å². The molecule has 2 rings (SSSR count). The molecule has 1 N–H and O–H groups in total. The Balaban J connectivity index is 1.98. The maximum Gasteiger partial charge on any atom is 0.0342 e. The summed E-state index contributed by atoms with van der Waals surface area (Å²) < 4.78 is 0. The second-order valence-corrected chi connectivity index (χ2v) is 6.15. The van der Waals surface area contributed by atoms with Gasteiger partial charge in [-0.25, -0.2) is 0 Å². The molecule has 1 atom stereocenters. The molecule has 2 nitrogen and oxygen atoms in total. The van der Waals surface area contributed by atoms with Crippen molar-refractivity contribution in [2.24, 2.45) is 5.92 Å². The largest absolute Gasteiger partial charge is 0.317 e. The van der Waals surface area contributed by atoms with Crippen molar-refractivity contribution in [2.45, 2.75) is 45.6 Å². The van der Waals surface area contributed by atoms with Crippen LogP contribution in [-0.2, 0) is 6.42 Å². The maximum atomic E-state index is 3.46. The van der Waals surface area contributed by atoms with Crippen molar-refractivity contribution in [3.05, 3.63) is 35.4 Å². The lowest BCUT2D eigenvalue weighted by Gasteiger charge is -2.33. The zero-order chi connectivity index (χ0) is 14.4. The van der Waals surface area contributed by atoms with Crippen LogP contribution >= 0.6 is 0 Å². The summed E-state index contributed by atoms with van der Waals surface area (Å²) in [6, 6.07) is 9.79. The molecule has 112 valence electrons. The van der Waals surface area contributed by atoms with Crippen molar-refractivity contribution in [3.63, 3.8) is 0 Å². The average molecular weight is 274 g/mol. The van der Waals surface area contributed by atoms with Gasteiger partial charge in [-0.3, -0.25) is 4.90 Å². The van der Waals surface area contributed by atoms with E-state index in [0.29, 0.717) is 6.04 Å². The van der Waals surface area contributed by atoms with Crippen molar-refractivity contribution < 1.29 is 0 Å². The van der Waals surface area contributed by atoms with Gasteiger partial charge >= 0.3 is 0 Å². The van der Waals surface area contributed by atoms with E-state index in [4.69, 9.17) is 0 Å². The van der Waals surface area contributed by atoms with Gasteiger partial charge in [0, 0.05) is 12.6 Å². The van der Waals surface area contributed by atoms with E-state index in [1.807, 2.05) is 0 Å². The van der Waals surface area contributed by atoms with Gasteiger partial charge in [0.2, 0.25) is 0 Å². The number of piperidine rings is 1. The number of hydrogen-bond acceptors (Lipinski definition) is 2. The van der Waals surface area contributed by atoms with Crippen LogP contribution in [0.15, 0.2) is 24.3 Å². The molecule has 1 heterocycles. The highest BCUT2D eigenvalue weighted by Gasteiger charge is 2.20. The number of aryl methyl sites for hydroxylation is 1. The van der Waals surface area contributed by atoms with Gasteiger partial charge in [0.1, 0.15) is 0 Å². The molecule has 1 aliphatic rings. The van der Waals surface area contributed by atoms with Gasteiger partial charge in [-0.1, -0.05) is 38.1 Å². The molecule has 2 heteroatoms. The second-order valence-electron chi connectivity index (χ2n) is 6.15. The summed E-state index contributed by atoms with van der Waals surface area (Å²) >= 11 is 0. The first-order valence-corrected chi connectivity index (χ1v) is 8.24. The predicted molar refractivity (Wildman–Crippen MR) is 87.1 cm³/mol. The minimum Gasteiger partial charge on any atom is -0.317 e. The molecular formula is C18H30N2. The quantitative estimate of drug-likeness (QED) is 0.852. The molecular weight excluding hydrogens is 244 g/mol. The van der Waals surface area contributed by atoms with Crippen LogP contribution in [0.4, 0.5) is 0 Å². The maximum absolute atomic E-state index is 3.46. The van der Waals surface area contributed by atoms with Crippen LogP contribution in [0.25, 0.3) is 0 Å². The highest BCUT2D eigenvalue weighted by molar-refractivity contribution is 5.25. The van der Waals surface area contributed by atoms with Gasteiger partial charge in [-0.05, 0) is 62.9 Å². The summed E-state index contributed by atoms with van der Waals surface area (Å²) in [6.45, 7) is 8.14. The van der Waals surface area contributed by atoms with E-state index in [2.05, 4.69) is 55.4 Å². The van der Waals surface area contributed by atoms with Gasteiger partial charge in [-0.2, -0.15) is 0 Å². The molecule has 1 fully saturated rings. The Morgan fingerprint density at radius 3 is 2.35 bits per heavy atom. The molecule has 0 bridgehead atoms. The minimum atomic E-state index is 0.566. The fourth-order valence-electron chi connectivity index (χ4n) is 3.38. The summed E-state index contributed by atoms with van der Waals surface area (Å²) in [5.41, 5.74) is 2.91. The summed E-state index contributed by atoms with van der Waals surface area (Å²) in [4.78, 5) is 2.57. The van der Waals surface area contributed by atoms with E-state index in [9.17, 15) is 0 Å². The Bertz CT molecular complexity index is 379. The highest BCUT2D eigenvalue weighted by Crippen LogP contribution is 2.25. The second kappa shape index (κ2) is 7.80. The Morgan fingerprint density at radius 1 is 1.15 bits per heavy atom. The molecule has 0 aliphatic carbocycles. The Labute approximate surface area is 124 Å². The standard InChI is InChI=1S/C18H30N2/c1-4-15-6-8-17(9-7-15)18(5-2)20(3)14-16-10-12-19-13-11-16/h6-9,16,18-19H,4-5,10-14H2,1-3H3. The predicted octanol–water partition coefficient (Wildman–Crippen LogP) is 3.63. The van der Waals surface area contributed by atoms with Crippen LogP contribution in [0.5, 0.6) is 0 Å². The number of nitrogens with zero attached hydrogens (tertiary/aromatic N) is 1. The van der Waals surface area contributed by atoms with E-state index in [1.165, 1.54) is 50.0 Å². The van der Waals surface area contributed by atoms with Crippen LogP contribution in [0.3, 0.4) is 0 Å². The van der Waals surface area contributed by atoms with Gasteiger partial charge in [0.25, 0.3) is 0 Å². The molecule has 0 saturated carbocycles. The SMILES string of the molecule is CCc1ccc(C(CC)N(C)CC2CCNCC2)cc1. The number of hydrogen-bond donors (Lipinski definition) is 1. The third kappa shape index (κ3) is 4.07. The van der Waals surface area contributed by atoms with Crippen molar-refractivity contribution in [1.29, 1.82) is 0 Å². The molecule has 1 aliphatic heterocycles. The third-order valence-corrected chi connectivity index (χ3v) is 4.70. The van der Waals surface area contributed by atoms with Crippen molar-refractivity contribution in [2.75, 3.05) is 26.7 Å². The molecule has 1 aromatic carbocycles. The molecule has 20 heavy (non-hydrogen) atoms.